The van der Waals surface area contributed by atoms with Crippen molar-refractivity contribution in [1.29, 1.82) is 5.26 Å². The van der Waals surface area contributed by atoms with E-state index in [9.17, 15) is 14.9 Å². The first-order valence-corrected chi connectivity index (χ1v) is 16.4. The minimum Gasteiger partial charge on any atom is -0.357 e. The third-order valence-electron chi connectivity index (χ3n) is 8.30. The second-order valence-electron chi connectivity index (χ2n) is 11.1. The zero-order valence-corrected chi connectivity index (χ0v) is 26.9. The number of thiocarbonyl (C=S) groups is 1. The van der Waals surface area contributed by atoms with Gasteiger partial charge in [-0.05, 0) is 67.4 Å². The number of carbonyl (C=O) groups is 1. The van der Waals surface area contributed by atoms with Gasteiger partial charge < -0.3 is 4.90 Å². The zero-order valence-electron chi connectivity index (χ0n) is 24.5. The lowest BCUT2D eigenvalue weighted by atomic mass is 9.90. The predicted molar refractivity (Wildman–Crippen MR) is 180 cm³/mol. The summed E-state index contributed by atoms with van der Waals surface area (Å²) in [5, 5.41) is 10.6. The van der Waals surface area contributed by atoms with Crippen LogP contribution in [0.4, 0.5) is 5.82 Å². The fourth-order valence-corrected chi connectivity index (χ4v) is 7.30. The van der Waals surface area contributed by atoms with E-state index in [0.29, 0.717) is 32.3 Å². The first-order valence-electron chi connectivity index (χ1n) is 14.8. The van der Waals surface area contributed by atoms with Crippen LogP contribution in [0, 0.1) is 24.2 Å². The third-order valence-corrected chi connectivity index (χ3v) is 10.0. The van der Waals surface area contributed by atoms with E-state index in [4.69, 9.17) is 23.8 Å². The minimum atomic E-state index is -0.265. The number of nitrogens with zero attached hydrogens (tertiary/aromatic N) is 4. The Balaban J connectivity index is 1.51. The van der Waals surface area contributed by atoms with Gasteiger partial charge in [-0.1, -0.05) is 97.5 Å². The maximum absolute atomic E-state index is 13.7. The molecule has 1 aromatic heterocycles. The first kappa shape index (κ1) is 31.1. The molecule has 3 aromatic rings. The Morgan fingerprint density at radius 3 is 2.47 bits per heavy atom. The Hall–Kier alpha value is -3.38. The topological polar surface area (TPSA) is 69.3 Å². The molecule has 0 saturated carbocycles. The van der Waals surface area contributed by atoms with Gasteiger partial charge in [0.25, 0.3) is 11.5 Å². The van der Waals surface area contributed by atoms with Crippen LogP contribution in [0.2, 0.25) is 5.02 Å². The van der Waals surface area contributed by atoms with Crippen molar-refractivity contribution in [3.8, 4) is 6.07 Å². The summed E-state index contributed by atoms with van der Waals surface area (Å²) in [5.74, 6) is 1.15. The van der Waals surface area contributed by atoms with Gasteiger partial charge in [-0.25, -0.2) is 0 Å². The number of anilines is 1. The average Bonchev–Trinajstić information content (AvgIpc) is 3.27. The van der Waals surface area contributed by atoms with Gasteiger partial charge in [0, 0.05) is 30.2 Å². The number of benzene rings is 2. The van der Waals surface area contributed by atoms with Crippen LogP contribution < -0.4 is 10.5 Å². The van der Waals surface area contributed by atoms with Gasteiger partial charge in [0.1, 0.15) is 21.8 Å². The van der Waals surface area contributed by atoms with Crippen LogP contribution in [0.5, 0.6) is 0 Å². The van der Waals surface area contributed by atoms with Crippen molar-refractivity contribution in [2.75, 3.05) is 18.0 Å². The highest BCUT2D eigenvalue weighted by Crippen LogP contribution is 2.38. The second kappa shape index (κ2) is 13.9. The Morgan fingerprint density at radius 2 is 1.79 bits per heavy atom. The summed E-state index contributed by atoms with van der Waals surface area (Å²) < 4.78 is 2.22. The van der Waals surface area contributed by atoms with Crippen LogP contribution in [0.1, 0.15) is 60.4 Å². The Labute approximate surface area is 267 Å². The number of aromatic nitrogens is 1. The van der Waals surface area contributed by atoms with Gasteiger partial charge in [0.15, 0.2) is 0 Å². The summed E-state index contributed by atoms with van der Waals surface area (Å²) in [5.41, 5.74) is 3.35. The van der Waals surface area contributed by atoms with Crippen LogP contribution in [0.25, 0.3) is 6.08 Å². The van der Waals surface area contributed by atoms with Crippen molar-refractivity contribution in [2.24, 2.45) is 5.92 Å². The molecular formula is C34H35ClN4O2S2. The Morgan fingerprint density at radius 1 is 1.09 bits per heavy atom. The molecule has 1 amide bonds. The number of nitriles is 1. The summed E-state index contributed by atoms with van der Waals surface area (Å²) in [6.45, 7) is 6.28. The van der Waals surface area contributed by atoms with Crippen molar-refractivity contribution < 1.29 is 4.79 Å². The van der Waals surface area contributed by atoms with E-state index in [2.05, 4.69) is 42.2 Å². The minimum absolute atomic E-state index is 0.122. The van der Waals surface area contributed by atoms with Crippen molar-refractivity contribution in [3.63, 3.8) is 0 Å². The van der Waals surface area contributed by atoms with E-state index in [1.165, 1.54) is 17.3 Å². The van der Waals surface area contributed by atoms with E-state index in [0.717, 1.165) is 62.1 Å². The molecule has 0 aliphatic carbocycles. The number of piperidine rings is 1. The molecule has 0 radical (unpaired) electrons. The number of thioether (sulfide) groups is 1. The van der Waals surface area contributed by atoms with Crippen molar-refractivity contribution in [2.45, 2.75) is 59.0 Å². The molecule has 2 aromatic carbocycles. The number of unbranched alkanes of at least 4 members (excludes halogenated alkanes) is 1. The molecule has 2 aliphatic heterocycles. The summed E-state index contributed by atoms with van der Waals surface area (Å²) in [6, 6.07) is 20.1. The Bertz CT molecular complexity index is 1650. The molecule has 0 spiro atoms. The molecule has 0 bridgehead atoms. The number of rotatable bonds is 9. The lowest BCUT2D eigenvalue weighted by Gasteiger charge is -2.36. The Kier molecular flexibility index (Phi) is 10.1. The van der Waals surface area contributed by atoms with E-state index in [1.807, 2.05) is 37.3 Å². The van der Waals surface area contributed by atoms with Gasteiger partial charge in [-0.2, -0.15) is 5.26 Å². The number of pyridine rings is 1. The van der Waals surface area contributed by atoms with Crippen LogP contribution in [-0.4, -0.2) is 32.8 Å². The van der Waals surface area contributed by atoms with Crippen LogP contribution in [-0.2, 0) is 24.3 Å². The number of hydrogen-bond donors (Lipinski definition) is 0. The molecule has 43 heavy (non-hydrogen) atoms. The molecule has 3 heterocycles. The van der Waals surface area contributed by atoms with E-state index < -0.39 is 0 Å². The third kappa shape index (κ3) is 6.75. The van der Waals surface area contributed by atoms with Gasteiger partial charge in [-0.3, -0.25) is 19.1 Å². The molecular weight excluding hydrogens is 596 g/mol. The average molecular weight is 631 g/mol. The lowest BCUT2D eigenvalue weighted by Crippen LogP contribution is -2.40. The highest BCUT2D eigenvalue weighted by molar-refractivity contribution is 8.26. The molecule has 6 nitrogen and oxygen atoms in total. The molecule has 9 heteroatoms. The lowest BCUT2D eigenvalue weighted by molar-refractivity contribution is -0.122. The van der Waals surface area contributed by atoms with Crippen molar-refractivity contribution >= 4 is 57.7 Å². The molecule has 2 aliphatic rings. The highest BCUT2D eigenvalue weighted by atomic mass is 35.5. The smallest absolute Gasteiger partial charge is 0.270 e. The summed E-state index contributed by atoms with van der Waals surface area (Å²) in [6.07, 6.45) is 6.59. The van der Waals surface area contributed by atoms with E-state index in [-0.39, 0.29) is 23.6 Å². The van der Waals surface area contributed by atoms with Gasteiger partial charge in [-0.15, -0.1) is 0 Å². The molecule has 5 rings (SSSR count). The summed E-state index contributed by atoms with van der Waals surface area (Å²) in [4.78, 5) is 31.7. The number of amides is 1. The summed E-state index contributed by atoms with van der Waals surface area (Å²) >= 11 is 13.3. The molecule has 0 unspecified atom stereocenters. The monoisotopic (exact) mass is 630 g/mol. The molecule has 0 atom stereocenters. The molecule has 0 N–H and O–H groups in total. The summed E-state index contributed by atoms with van der Waals surface area (Å²) in [7, 11) is 0. The van der Waals surface area contributed by atoms with Crippen molar-refractivity contribution in [3.05, 3.63) is 103 Å². The maximum Gasteiger partial charge on any atom is 0.270 e. The SMILES string of the molecule is CCCCn1c(N2CCC(Cc3ccccc3)CC2)c(/C=C2/SC(=S)N(Cc3ccccc3Cl)C2=O)c(C)c(C#N)c1=O. The largest absolute Gasteiger partial charge is 0.357 e. The van der Waals surface area contributed by atoms with Gasteiger partial charge in [0.05, 0.1) is 11.4 Å². The quantitative estimate of drug-likeness (QED) is 0.182. The van der Waals surface area contributed by atoms with Crippen LogP contribution in [0.15, 0.2) is 64.3 Å². The van der Waals surface area contributed by atoms with E-state index in [1.54, 1.807) is 15.5 Å². The van der Waals surface area contributed by atoms with Gasteiger partial charge >= 0.3 is 0 Å². The fraction of sp³-hybridized carbons (Fsp3) is 0.353. The van der Waals surface area contributed by atoms with Crippen LogP contribution in [0.3, 0.4) is 0 Å². The predicted octanol–water partition coefficient (Wildman–Crippen LogP) is 7.34. The number of hydrogen-bond acceptors (Lipinski definition) is 6. The maximum atomic E-state index is 13.7. The van der Waals surface area contributed by atoms with Crippen molar-refractivity contribution in [1.82, 2.24) is 9.47 Å². The normalized spacial score (nSPS) is 16.7. The first-order chi connectivity index (χ1) is 20.8. The standard InChI is InChI=1S/C34H35ClN4O2S2/c1-3-4-16-38-31(37-17-14-25(15-18-37)19-24-10-6-5-7-11-24)27(23(2)28(21-36)32(38)40)20-30-33(41)39(34(42)43-30)22-26-12-8-9-13-29(26)35/h5-13,20,25H,3-4,14-19,22H2,1-2H3/b30-20+. The highest BCUT2D eigenvalue weighted by Gasteiger charge is 2.34. The van der Waals surface area contributed by atoms with Crippen LogP contribution >= 0.6 is 35.6 Å². The number of carbonyl (C=O) groups excluding carboxylic acids is 1. The second-order valence-corrected chi connectivity index (χ2v) is 13.2. The molecule has 222 valence electrons. The fourth-order valence-electron chi connectivity index (χ4n) is 5.87. The van der Waals surface area contributed by atoms with E-state index >= 15 is 0 Å². The molecule has 2 fully saturated rings. The number of halogens is 1. The van der Waals surface area contributed by atoms with Gasteiger partial charge in [0.2, 0.25) is 0 Å². The zero-order chi connectivity index (χ0) is 30.5. The molecule has 2 saturated heterocycles.